The zero-order valence-corrected chi connectivity index (χ0v) is 25.8. The Hall–Kier alpha value is -4.02. The van der Waals surface area contributed by atoms with Crippen molar-refractivity contribution >= 4 is 39.3 Å². The molecule has 5 rings (SSSR count). The fraction of sp³-hybridized carbons (Fsp3) is 0.219. The second-order valence-corrected chi connectivity index (χ2v) is 11.5. The fourth-order valence-corrected chi connectivity index (χ4v) is 6.26. The van der Waals surface area contributed by atoms with Crippen molar-refractivity contribution in [3.05, 3.63) is 124 Å². The van der Waals surface area contributed by atoms with Crippen LogP contribution in [-0.4, -0.2) is 24.3 Å². The molecule has 1 aliphatic heterocycles. The van der Waals surface area contributed by atoms with Crippen molar-refractivity contribution in [1.29, 1.82) is 0 Å². The number of hydrogen-bond acceptors (Lipinski definition) is 7. The number of benzene rings is 3. The Bertz CT molecular complexity index is 1880. The highest BCUT2D eigenvalue weighted by molar-refractivity contribution is 9.10. The molecular weight excluding hydrogens is 623 g/mol. The van der Waals surface area contributed by atoms with E-state index >= 15 is 0 Å². The van der Waals surface area contributed by atoms with Crippen molar-refractivity contribution in [2.75, 3.05) is 13.7 Å². The monoisotopic (exact) mass is 650 g/mol. The minimum Gasteiger partial charge on any atom is -0.493 e. The first-order chi connectivity index (χ1) is 20.2. The lowest BCUT2D eigenvalue weighted by Gasteiger charge is -2.24. The van der Waals surface area contributed by atoms with Gasteiger partial charge in [0.2, 0.25) is 0 Å². The van der Waals surface area contributed by atoms with Gasteiger partial charge in [-0.2, -0.15) is 0 Å². The Labute approximate surface area is 254 Å². The second-order valence-electron chi connectivity index (χ2n) is 9.62. The van der Waals surface area contributed by atoms with Gasteiger partial charge in [0.25, 0.3) is 5.56 Å². The first-order valence-corrected chi connectivity index (χ1v) is 14.8. The molecule has 216 valence electrons. The molecule has 7 nitrogen and oxygen atoms in total. The van der Waals surface area contributed by atoms with Gasteiger partial charge in [-0.3, -0.25) is 9.36 Å². The number of ether oxygens (including phenoxy) is 3. The van der Waals surface area contributed by atoms with E-state index in [0.29, 0.717) is 47.7 Å². The zero-order valence-electron chi connectivity index (χ0n) is 23.4. The lowest BCUT2D eigenvalue weighted by Crippen LogP contribution is -2.39. The number of halogens is 2. The van der Waals surface area contributed by atoms with Crippen LogP contribution in [0, 0.1) is 12.7 Å². The van der Waals surface area contributed by atoms with E-state index in [1.807, 2.05) is 31.2 Å². The summed E-state index contributed by atoms with van der Waals surface area (Å²) in [6.07, 6.45) is 1.70. The van der Waals surface area contributed by atoms with Crippen molar-refractivity contribution in [3.63, 3.8) is 0 Å². The summed E-state index contributed by atoms with van der Waals surface area (Å²) in [7, 11) is 1.51. The molecule has 0 saturated carbocycles. The van der Waals surface area contributed by atoms with Crippen LogP contribution in [0.5, 0.6) is 11.5 Å². The van der Waals surface area contributed by atoms with Gasteiger partial charge in [0, 0.05) is 15.6 Å². The highest BCUT2D eigenvalue weighted by Gasteiger charge is 2.33. The van der Waals surface area contributed by atoms with Crippen LogP contribution in [0.1, 0.15) is 42.1 Å². The van der Waals surface area contributed by atoms with Crippen LogP contribution in [0.2, 0.25) is 0 Å². The van der Waals surface area contributed by atoms with Gasteiger partial charge in [0.15, 0.2) is 16.3 Å². The summed E-state index contributed by atoms with van der Waals surface area (Å²) in [5, 5.41) is 0. The SMILES string of the molecule is CCOC(=O)C1=C(C)N=c2s/c(=C\c3cc(Br)cc(OC)c3OCc3ccccc3F)c(=O)n2[C@H]1c1ccc(C)cc1. The smallest absolute Gasteiger partial charge is 0.338 e. The molecule has 0 radical (unpaired) electrons. The van der Waals surface area contributed by atoms with Gasteiger partial charge in [-0.25, -0.2) is 14.2 Å². The molecule has 42 heavy (non-hydrogen) atoms. The molecule has 0 saturated heterocycles. The van der Waals surface area contributed by atoms with Gasteiger partial charge >= 0.3 is 5.97 Å². The third-order valence-electron chi connectivity index (χ3n) is 6.79. The third-order valence-corrected chi connectivity index (χ3v) is 8.24. The minimum atomic E-state index is -0.711. The van der Waals surface area contributed by atoms with Crippen LogP contribution in [0.25, 0.3) is 6.08 Å². The van der Waals surface area contributed by atoms with E-state index in [2.05, 4.69) is 20.9 Å². The molecule has 0 spiro atoms. The van der Waals surface area contributed by atoms with E-state index in [1.165, 1.54) is 29.1 Å². The molecule has 10 heteroatoms. The highest BCUT2D eigenvalue weighted by atomic mass is 79.9. The molecule has 0 unspecified atom stereocenters. The maximum atomic E-state index is 14.3. The molecule has 4 aromatic rings. The molecule has 1 aromatic heterocycles. The number of hydrogen-bond donors (Lipinski definition) is 0. The van der Waals surface area contributed by atoms with Gasteiger partial charge in [-0.15, -0.1) is 0 Å². The first-order valence-electron chi connectivity index (χ1n) is 13.2. The number of fused-ring (bicyclic) bond motifs is 1. The van der Waals surface area contributed by atoms with Crippen LogP contribution < -0.4 is 24.4 Å². The number of carbonyl (C=O) groups is 1. The van der Waals surface area contributed by atoms with E-state index in [1.54, 1.807) is 50.3 Å². The maximum Gasteiger partial charge on any atom is 0.338 e. The summed E-state index contributed by atoms with van der Waals surface area (Å²) in [5.74, 6) is -0.127. The summed E-state index contributed by atoms with van der Waals surface area (Å²) in [6, 6.07) is 16.9. The number of nitrogens with zero attached hydrogens (tertiary/aromatic N) is 2. The number of methoxy groups -OCH3 is 1. The van der Waals surface area contributed by atoms with E-state index in [-0.39, 0.29) is 24.6 Å². The Morgan fingerprint density at radius 1 is 1.14 bits per heavy atom. The third kappa shape index (κ3) is 5.82. The Morgan fingerprint density at radius 2 is 1.88 bits per heavy atom. The largest absolute Gasteiger partial charge is 0.493 e. The van der Waals surface area contributed by atoms with E-state index in [9.17, 15) is 14.0 Å². The number of aromatic nitrogens is 1. The topological polar surface area (TPSA) is 79.1 Å². The molecule has 3 aromatic carbocycles. The van der Waals surface area contributed by atoms with E-state index in [4.69, 9.17) is 14.2 Å². The summed E-state index contributed by atoms with van der Waals surface area (Å²) >= 11 is 4.71. The molecule has 0 bridgehead atoms. The van der Waals surface area contributed by atoms with Crippen LogP contribution in [0.4, 0.5) is 4.39 Å². The van der Waals surface area contributed by atoms with Crippen molar-refractivity contribution in [2.24, 2.45) is 4.99 Å². The van der Waals surface area contributed by atoms with E-state index < -0.39 is 12.0 Å². The second kappa shape index (κ2) is 12.5. The number of aryl methyl sites for hydroxylation is 1. The van der Waals surface area contributed by atoms with Gasteiger partial charge in [-0.1, -0.05) is 75.3 Å². The predicted octanol–water partition coefficient (Wildman–Crippen LogP) is 5.60. The van der Waals surface area contributed by atoms with Gasteiger partial charge in [-0.05, 0) is 50.6 Å². The number of carbonyl (C=O) groups excluding carboxylic acids is 1. The Kier molecular flexibility index (Phi) is 8.74. The summed E-state index contributed by atoms with van der Waals surface area (Å²) in [5.41, 5.74) is 3.24. The number of thiazole rings is 1. The average molecular weight is 652 g/mol. The molecular formula is C32H28BrFN2O5S. The Morgan fingerprint density at radius 3 is 2.57 bits per heavy atom. The lowest BCUT2D eigenvalue weighted by molar-refractivity contribution is -0.139. The van der Waals surface area contributed by atoms with Gasteiger partial charge in [0.1, 0.15) is 12.4 Å². The van der Waals surface area contributed by atoms with Crippen LogP contribution >= 0.6 is 27.3 Å². The van der Waals surface area contributed by atoms with Gasteiger partial charge < -0.3 is 14.2 Å². The molecule has 1 aliphatic rings. The molecule has 0 amide bonds. The number of allylic oxidation sites excluding steroid dienone is 1. The van der Waals surface area contributed by atoms with Crippen molar-refractivity contribution in [3.8, 4) is 11.5 Å². The summed E-state index contributed by atoms with van der Waals surface area (Å²) in [4.78, 5) is 32.3. The van der Waals surface area contributed by atoms with Crippen LogP contribution in [-0.2, 0) is 16.1 Å². The standard InChI is InChI=1S/C32H28BrFN2O5S/c1-5-40-31(38)27-19(3)35-32-36(28(27)20-12-10-18(2)11-13-20)30(37)26(42-32)15-22-14-23(33)16-25(39-4)29(22)41-17-21-8-6-7-9-24(21)34/h6-16,28H,5,17H2,1-4H3/b26-15-/t28-/m0/s1. The number of esters is 1. The molecule has 0 fully saturated rings. The fourth-order valence-electron chi connectivity index (χ4n) is 4.76. The zero-order chi connectivity index (χ0) is 30.0. The highest BCUT2D eigenvalue weighted by Crippen LogP contribution is 2.36. The molecule has 2 heterocycles. The summed E-state index contributed by atoms with van der Waals surface area (Å²) < 4.78 is 34.0. The molecule has 1 atom stereocenters. The molecule has 0 aliphatic carbocycles. The van der Waals surface area contributed by atoms with Crippen molar-refractivity contribution in [1.82, 2.24) is 4.57 Å². The summed E-state index contributed by atoms with van der Waals surface area (Å²) in [6.45, 7) is 5.62. The minimum absolute atomic E-state index is 0.0394. The quantitative estimate of drug-likeness (QED) is 0.232. The van der Waals surface area contributed by atoms with Crippen LogP contribution in [0.3, 0.4) is 0 Å². The average Bonchev–Trinajstić information content (AvgIpc) is 3.26. The lowest BCUT2D eigenvalue weighted by atomic mass is 9.95. The first kappa shape index (κ1) is 29.5. The van der Waals surface area contributed by atoms with Crippen molar-refractivity contribution in [2.45, 2.75) is 33.4 Å². The predicted molar refractivity (Wildman–Crippen MR) is 163 cm³/mol. The van der Waals surface area contributed by atoms with Crippen LogP contribution in [0.15, 0.2) is 86.2 Å². The maximum absolute atomic E-state index is 14.3. The normalized spacial score (nSPS) is 14.8. The number of rotatable bonds is 8. The van der Waals surface area contributed by atoms with E-state index in [0.717, 1.165) is 11.1 Å². The van der Waals surface area contributed by atoms with Crippen molar-refractivity contribution < 1.29 is 23.4 Å². The Balaban J connectivity index is 1.67. The van der Waals surface area contributed by atoms with Gasteiger partial charge in [0.05, 0.1) is 35.6 Å². The molecule has 0 N–H and O–H groups in total.